The molecule has 1 saturated heterocycles. The van der Waals surface area contributed by atoms with Gasteiger partial charge in [-0.05, 0) is 29.3 Å². The maximum atomic E-state index is 14.8. The van der Waals surface area contributed by atoms with Crippen LogP contribution in [-0.2, 0) is 0 Å². The van der Waals surface area contributed by atoms with E-state index in [0.29, 0.717) is 33.9 Å². The summed E-state index contributed by atoms with van der Waals surface area (Å²) in [5.41, 5.74) is 0.796. The Kier molecular flexibility index (Phi) is 6.21. The number of carbonyl (C=O) groups is 3. The van der Waals surface area contributed by atoms with Crippen LogP contribution in [0.1, 0.15) is 48.1 Å². The molecule has 44 heavy (non-hydrogen) atoms. The van der Waals surface area contributed by atoms with E-state index in [1.54, 1.807) is 42.5 Å². The van der Waals surface area contributed by atoms with Gasteiger partial charge in [0, 0.05) is 40.4 Å². The highest BCUT2D eigenvalue weighted by molar-refractivity contribution is 6.32. The third-order valence-electron chi connectivity index (χ3n) is 9.09. The minimum atomic E-state index is -1.71. The minimum absolute atomic E-state index is 0.105. The van der Waals surface area contributed by atoms with Crippen LogP contribution in [0.25, 0.3) is 6.08 Å². The lowest BCUT2D eigenvalue weighted by Gasteiger charge is -2.37. The Morgan fingerprint density at radius 3 is 2.20 bits per heavy atom. The number of Topliss-reactive ketones (excluding diaryl/α,β-unsaturated/α-hetero) is 3. The number of nitro groups is 1. The summed E-state index contributed by atoms with van der Waals surface area (Å²) in [7, 11) is 2.99. The van der Waals surface area contributed by atoms with Crippen LogP contribution in [0, 0.1) is 15.5 Å². The van der Waals surface area contributed by atoms with Crippen LogP contribution in [0.15, 0.2) is 97.1 Å². The summed E-state index contributed by atoms with van der Waals surface area (Å²) < 4.78 is 11.1. The Morgan fingerprint density at radius 2 is 1.52 bits per heavy atom. The molecule has 0 unspecified atom stereocenters. The molecule has 4 aromatic rings. The number of nitro benzene ring substituents is 1. The average molecular weight is 587 g/mol. The lowest BCUT2D eigenvalue weighted by molar-refractivity contribution is -0.384. The first-order valence-electron chi connectivity index (χ1n) is 14.1. The van der Waals surface area contributed by atoms with Crippen LogP contribution < -0.4 is 14.4 Å². The van der Waals surface area contributed by atoms with E-state index in [2.05, 4.69) is 0 Å². The quantitative estimate of drug-likeness (QED) is 0.118. The van der Waals surface area contributed by atoms with Crippen molar-refractivity contribution in [1.82, 2.24) is 0 Å². The molecular weight excluding hydrogens is 560 g/mol. The molecule has 3 atom stereocenters. The number of carbonyl (C=O) groups excluding carboxylic acids is 3. The predicted octanol–water partition coefficient (Wildman–Crippen LogP) is 5.93. The Balaban J connectivity index is 1.55. The van der Waals surface area contributed by atoms with E-state index in [9.17, 15) is 24.5 Å². The van der Waals surface area contributed by atoms with E-state index in [0.717, 1.165) is 5.56 Å². The molecule has 9 nitrogen and oxygen atoms in total. The molecule has 4 aromatic carbocycles. The summed E-state index contributed by atoms with van der Waals surface area (Å²) in [6, 6.07) is 23.0. The maximum absolute atomic E-state index is 14.8. The molecule has 0 saturated carbocycles. The molecule has 3 aliphatic rings. The second-order valence-corrected chi connectivity index (χ2v) is 11.1. The van der Waals surface area contributed by atoms with Gasteiger partial charge in [0.2, 0.25) is 0 Å². The van der Waals surface area contributed by atoms with Gasteiger partial charge in [-0.3, -0.25) is 24.5 Å². The fourth-order valence-corrected chi connectivity index (χ4v) is 7.28. The van der Waals surface area contributed by atoms with Gasteiger partial charge < -0.3 is 14.4 Å². The van der Waals surface area contributed by atoms with Crippen molar-refractivity contribution in [2.45, 2.75) is 18.0 Å². The van der Waals surface area contributed by atoms with Gasteiger partial charge in [0.1, 0.15) is 11.5 Å². The molecule has 218 valence electrons. The zero-order valence-electron chi connectivity index (χ0n) is 23.8. The predicted molar refractivity (Wildman–Crippen MR) is 163 cm³/mol. The standard InChI is InChI=1S/C35H26N2O7/c1-43-27-16-14-21(19-28(27)44-2)30-31(32(38)22-9-7-10-23(18-22)37(41)42)36-26-13-6-3-8-20(26)15-17-29(36)35(30)33(39)24-11-4-5-12-25(24)34(35)40/h3-19,29-31H,1-2H3/t29-,30+,31-/m1/s1. The van der Waals surface area contributed by atoms with Gasteiger partial charge in [-0.15, -0.1) is 0 Å². The number of hydrogen-bond acceptors (Lipinski definition) is 8. The Hall–Kier alpha value is -5.57. The van der Waals surface area contributed by atoms with Crippen molar-refractivity contribution >= 4 is 34.8 Å². The van der Waals surface area contributed by atoms with Crippen LogP contribution in [-0.4, -0.2) is 48.6 Å². The molecule has 0 amide bonds. The third kappa shape index (κ3) is 3.62. The Bertz CT molecular complexity index is 1890. The molecule has 7 rings (SSSR count). The van der Waals surface area contributed by atoms with Crippen molar-refractivity contribution in [1.29, 1.82) is 0 Å². The second kappa shape index (κ2) is 10.0. The van der Waals surface area contributed by atoms with Crippen molar-refractivity contribution in [2.75, 3.05) is 19.1 Å². The normalized spacial score (nSPS) is 20.7. The van der Waals surface area contributed by atoms with Crippen LogP contribution in [0.5, 0.6) is 11.5 Å². The van der Waals surface area contributed by atoms with Crippen molar-refractivity contribution in [3.8, 4) is 11.5 Å². The van der Waals surface area contributed by atoms with Gasteiger partial charge in [0.25, 0.3) is 5.69 Å². The van der Waals surface area contributed by atoms with Gasteiger partial charge in [0.05, 0.1) is 25.2 Å². The average Bonchev–Trinajstić information content (AvgIpc) is 3.50. The number of hydrogen-bond donors (Lipinski definition) is 0. The van der Waals surface area contributed by atoms with Crippen LogP contribution >= 0.6 is 0 Å². The summed E-state index contributed by atoms with van der Waals surface area (Å²) in [5, 5.41) is 11.7. The number of nitrogens with zero attached hydrogens (tertiary/aromatic N) is 2. The van der Waals surface area contributed by atoms with E-state index in [1.807, 2.05) is 41.3 Å². The van der Waals surface area contributed by atoms with Crippen LogP contribution in [0.4, 0.5) is 11.4 Å². The molecule has 9 heteroatoms. The molecule has 1 aliphatic carbocycles. The topological polar surface area (TPSA) is 116 Å². The third-order valence-corrected chi connectivity index (χ3v) is 9.09. The fraction of sp³-hybridized carbons (Fsp3) is 0.171. The van der Waals surface area contributed by atoms with E-state index in [-0.39, 0.29) is 22.8 Å². The second-order valence-electron chi connectivity index (χ2n) is 11.1. The maximum Gasteiger partial charge on any atom is 0.270 e. The number of ether oxygens (including phenoxy) is 2. The summed E-state index contributed by atoms with van der Waals surface area (Å²) in [5.74, 6) is -1.37. The monoisotopic (exact) mass is 586 g/mol. The smallest absolute Gasteiger partial charge is 0.270 e. The van der Waals surface area contributed by atoms with Gasteiger partial charge in [-0.1, -0.05) is 72.8 Å². The molecule has 0 N–H and O–H groups in total. The zero-order valence-corrected chi connectivity index (χ0v) is 23.8. The number of non-ortho nitro benzene ring substituents is 1. The molecular formula is C35H26N2O7. The first-order valence-corrected chi connectivity index (χ1v) is 14.1. The number of anilines is 1. The van der Waals surface area contributed by atoms with Crippen molar-refractivity contribution in [3.05, 3.63) is 135 Å². The number of rotatable bonds is 6. The SMILES string of the molecule is COc1ccc([C@H]2[C@H](C(=O)c3cccc([N+](=O)[O-])c3)N3c4ccccc4C=C[C@@H]3C23C(=O)c2ccccc2C3=O)cc1OC. The van der Waals surface area contributed by atoms with Crippen molar-refractivity contribution in [2.24, 2.45) is 5.41 Å². The highest BCUT2D eigenvalue weighted by atomic mass is 16.6. The summed E-state index contributed by atoms with van der Waals surface area (Å²) >= 11 is 0. The first kappa shape index (κ1) is 27.3. The van der Waals surface area contributed by atoms with Crippen molar-refractivity contribution in [3.63, 3.8) is 0 Å². The molecule has 0 aromatic heterocycles. The number of ketones is 3. The Labute approximate surface area is 252 Å². The highest BCUT2D eigenvalue weighted by Crippen LogP contribution is 2.61. The number of benzene rings is 4. The number of fused-ring (bicyclic) bond motifs is 5. The van der Waals surface area contributed by atoms with Crippen molar-refractivity contribution < 1.29 is 28.8 Å². The van der Waals surface area contributed by atoms with E-state index >= 15 is 0 Å². The number of para-hydroxylation sites is 1. The Morgan fingerprint density at radius 1 is 0.841 bits per heavy atom. The van der Waals surface area contributed by atoms with E-state index in [1.165, 1.54) is 38.5 Å². The highest BCUT2D eigenvalue weighted by Gasteiger charge is 2.71. The molecule has 0 radical (unpaired) electrons. The van der Waals surface area contributed by atoms with E-state index < -0.39 is 34.1 Å². The van der Waals surface area contributed by atoms with Gasteiger partial charge in [-0.2, -0.15) is 0 Å². The molecule has 2 aliphatic heterocycles. The molecule has 1 spiro atoms. The molecule has 2 heterocycles. The molecule has 0 bridgehead atoms. The lowest BCUT2D eigenvalue weighted by atomic mass is 9.64. The number of methoxy groups -OCH3 is 2. The molecule has 1 fully saturated rings. The fourth-order valence-electron chi connectivity index (χ4n) is 7.28. The largest absolute Gasteiger partial charge is 0.493 e. The van der Waals surface area contributed by atoms with Crippen LogP contribution in [0.3, 0.4) is 0 Å². The summed E-state index contributed by atoms with van der Waals surface area (Å²) in [6.07, 6.45) is 3.71. The minimum Gasteiger partial charge on any atom is -0.493 e. The van der Waals surface area contributed by atoms with E-state index in [4.69, 9.17) is 9.47 Å². The summed E-state index contributed by atoms with van der Waals surface area (Å²) in [6.45, 7) is 0. The van der Waals surface area contributed by atoms with Gasteiger partial charge >= 0.3 is 0 Å². The first-order chi connectivity index (χ1) is 21.3. The van der Waals surface area contributed by atoms with Gasteiger partial charge in [-0.25, -0.2) is 0 Å². The zero-order chi connectivity index (χ0) is 30.7. The van der Waals surface area contributed by atoms with Gasteiger partial charge in [0.15, 0.2) is 28.8 Å². The van der Waals surface area contributed by atoms with Crippen LogP contribution in [0.2, 0.25) is 0 Å². The summed E-state index contributed by atoms with van der Waals surface area (Å²) in [4.78, 5) is 57.3. The lowest BCUT2D eigenvalue weighted by Crippen LogP contribution is -2.48.